The van der Waals surface area contributed by atoms with Crippen LogP contribution in [0.5, 0.6) is 0 Å². The van der Waals surface area contributed by atoms with Crippen LogP contribution < -0.4 is 5.32 Å². The molecule has 0 bridgehead atoms. The van der Waals surface area contributed by atoms with Gasteiger partial charge in [-0.1, -0.05) is 42.8 Å². The number of benzene rings is 2. The number of carbonyl (C=O) groups excluding carboxylic acids is 1. The van der Waals surface area contributed by atoms with Gasteiger partial charge in [-0.2, -0.15) is 17.0 Å². The molecule has 1 amide bonds. The molecule has 1 aliphatic heterocycles. The summed E-state index contributed by atoms with van der Waals surface area (Å²) in [6, 6.07) is 11.7. The molecule has 0 unspecified atom stereocenters. The summed E-state index contributed by atoms with van der Waals surface area (Å²) < 4.78 is 28.7. The molecule has 3 rings (SSSR count). The van der Waals surface area contributed by atoms with Crippen LogP contribution in [0.4, 0.5) is 5.69 Å². The molecular weight excluding hydrogens is 386 g/mol. The first kappa shape index (κ1) is 21.5. The third-order valence-corrected chi connectivity index (χ3v) is 7.35. The number of hydrogen-bond acceptors (Lipinski definition) is 3. The summed E-state index contributed by atoms with van der Waals surface area (Å²) in [5.41, 5.74) is 6.13. The second-order valence-electron chi connectivity index (χ2n) is 7.61. The van der Waals surface area contributed by atoms with Gasteiger partial charge in [0.25, 0.3) is 10.2 Å². The van der Waals surface area contributed by atoms with E-state index in [1.165, 1.54) is 14.2 Å². The molecule has 0 spiro atoms. The van der Waals surface area contributed by atoms with Gasteiger partial charge < -0.3 is 5.32 Å². The lowest BCUT2D eigenvalue weighted by Gasteiger charge is -2.21. The minimum Gasteiger partial charge on any atom is -0.325 e. The molecule has 6 nitrogen and oxygen atoms in total. The summed E-state index contributed by atoms with van der Waals surface area (Å²) in [6.07, 6.45) is 0.793. The highest BCUT2D eigenvalue weighted by atomic mass is 32.2. The number of anilines is 1. The minimum atomic E-state index is -3.67. The number of rotatable bonds is 6. The molecule has 0 atom stereocenters. The molecule has 0 aliphatic carbocycles. The average molecular weight is 416 g/mol. The maximum Gasteiger partial charge on any atom is 0.282 e. The monoisotopic (exact) mass is 415 g/mol. The van der Waals surface area contributed by atoms with Crippen LogP contribution in [0.2, 0.25) is 0 Å². The second-order valence-corrected chi connectivity index (χ2v) is 9.54. The maximum absolute atomic E-state index is 13.0. The highest BCUT2D eigenvalue weighted by Gasteiger charge is 2.37. The van der Waals surface area contributed by atoms with Crippen molar-refractivity contribution in [2.24, 2.45) is 0 Å². The van der Waals surface area contributed by atoms with Gasteiger partial charge in [0.1, 0.15) is 0 Å². The maximum atomic E-state index is 13.0. The Morgan fingerprint density at radius 2 is 1.66 bits per heavy atom. The zero-order chi connectivity index (χ0) is 21.2. The molecule has 2 aromatic rings. The fourth-order valence-corrected chi connectivity index (χ4v) is 5.40. The summed E-state index contributed by atoms with van der Waals surface area (Å²) >= 11 is 0. The summed E-state index contributed by atoms with van der Waals surface area (Å²) in [7, 11) is -3.67. The van der Waals surface area contributed by atoms with Crippen molar-refractivity contribution in [2.45, 2.75) is 40.7 Å². The first-order valence-electron chi connectivity index (χ1n) is 9.92. The Morgan fingerprint density at radius 3 is 2.31 bits per heavy atom. The zero-order valence-corrected chi connectivity index (χ0v) is 18.3. The first-order chi connectivity index (χ1) is 13.7. The summed E-state index contributed by atoms with van der Waals surface area (Å²) in [4.78, 5) is 12.5. The standard InChI is InChI=1S/C22H29N3O3S/c1-5-19-8-6-7-9-21(19)23-22(26)15-25-11-10-24(29(25,27)28)14-20-17(3)12-16(2)13-18(20)4/h6-9,12-13H,5,10-11,14-15H2,1-4H3,(H,23,26). The van der Waals surface area contributed by atoms with Gasteiger partial charge in [0.2, 0.25) is 5.91 Å². The molecule has 156 valence electrons. The number of para-hydroxylation sites is 1. The Labute approximate surface area is 173 Å². The first-order valence-corrected chi connectivity index (χ1v) is 11.3. The Hall–Kier alpha value is -2.22. The minimum absolute atomic E-state index is 0.178. The fourth-order valence-electron chi connectivity index (χ4n) is 3.87. The molecular formula is C22H29N3O3S. The van der Waals surface area contributed by atoms with Crippen molar-refractivity contribution in [3.05, 3.63) is 64.2 Å². The van der Waals surface area contributed by atoms with E-state index in [1.54, 1.807) is 0 Å². The van der Waals surface area contributed by atoms with E-state index in [9.17, 15) is 13.2 Å². The van der Waals surface area contributed by atoms with Crippen LogP contribution >= 0.6 is 0 Å². The van der Waals surface area contributed by atoms with Gasteiger partial charge in [0, 0.05) is 25.3 Å². The molecule has 0 saturated carbocycles. The molecule has 1 saturated heterocycles. The predicted molar refractivity (Wildman–Crippen MR) is 116 cm³/mol. The van der Waals surface area contributed by atoms with Crippen molar-refractivity contribution < 1.29 is 13.2 Å². The van der Waals surface area contributed by atoms with Gasteiger partial charge in [-0.25, -0.2) is 0 Å². The third-order valence-electron chi connectivity index (χ3n) is 5.42. The van der Waals surface area contributed by atoms with Gasteiger partial charge in [-0.15, -0.1) is 0 Å². The van der Waals surface area contributed by atoms with Crippen molar-refractivity contribution >= 4 is 21.8 Å². The van der Waals surface area contributed by atoms with E-state index in [1.807, 2.05) is 52.0 Å². The normalized spacial score (nSPS) is 16.8. The van der Waals surface area contributed by atoms with Crippen LogP contribution in [-0.2, 0) is 28.0 Å². The van der Waals surface area contributed by atoms with E-state index >= 15 is 0 Å². The van der Waals surface area contributed by atoms with Crippen molar-refractivity contribution in [3.8, 4) is 0 Å². The van der Waals surface area contributed by atoms with E-state index in [2.05, 4.69) is 17.4 Å². The Bertz CT molecular complexity index is 995. The van der Waals surface area contributed by atoms with Crippen LogP contribution in [0.25, 0.3) is 0 Å². The number of carbonyl (C=O) groups is 1. The van der Waals surface area contributed by atoms with E-state index in [0.717, 1.165) is 34.4 Å². The van der Waals surface area contributed by atoms with Crippen molar-refractivity contribution in [2.75, 3.05) is 25.0 Å². The molecule has 0 radical (unpaired) electrons. The number of aryl methyl sites for hydroxylation is 4. The van der Waals surface area contributed by atoms with Gasteiger partial charge in [-0.3, -0.25) is 4.79 Å². The molecule has 29 heavy (non-hydrogen) atoms. The molecule has 1 fully saturated rings. The predicted octanol–water partition coefficient (Wildman–Crippen LogP) is 3.18. The number of amides is 1. The SMILES string of the molecule is CCc1ccccc1NC(=O)CN1CCN(Cc2c(C)cc(C)cc2C)S1(=O)=O. The molecule has 1 N–H and O–H groups in total. The van der Waals surface area contributed by atoms with Crippen molar-refractivity contribution in [1.29, 1.82) is 0 Å². The smallest absolute Gasteiger partial charge is 0.282 e. The van der Waals surface area contributed by atoms with Crippen LogP contribution in [0.15, 0.2) is 36.4 Å². The van der Waals surface area contributed by atoms with E-state index in [4.69, 9.17) is 0 Å². The number of nitrogens with one attached hydrogen (secondary N) is 1. The van der Waals surface area contributed by atoms with Crippen LogP contribution in [0, 0.1) is 20.8 Å². The van der Waals surface area contributed by atoms with Crippen molar-refractivity contribution in [3.63, 3.8) is 0 Å². The quantitative estimate of drug-likeness (QED) is 0.788. The highest BCUT2D eigenvalue weighted by molar-refractivity contribution is 7.87. The largest absolute Gasteiger partial charge is 0.325 e. The molecule has 1 heterocycles. The Kier molecular flexibility index (Phi) is 6.41. The van der Waals surface area contributed by atoms with Crippen molar-refractivity contribution in [1.82, 2.24) is 8.61 Å². The van der Waals surface area contributed by atoms with E-state index in [-0.39, 0.29) is 12.5 Å². The van der Waals surface area contributed by atoms with Gasteiger partial charge in [0.15, 0.2) is 0 Å². The average Bonchev–Trinajstić information content (AvgIpc) is 2.92. The molecule has 7 heteroatoms. The Morgan fingerprint density at radius 1 is 1.03 bits per heavy atom. The summed E-state index contributed by atoms with van der Waals surface area (Å²) in [5, 5.41) is 2.85. The molecule has 0 aromatic heterocycles. The van der Waals surface area contributed by atoms with Gasteiger partial charge >= 0.3 is 0 Å². The van der Waals surface area contributed by atoms with E-state index in [0.29, 0.717) is 19.6 Å². The lowest BCUT2D eigenvalue weighted by molar-refractivity contribution is -0.116. The van der Waals surface area contributed by atoms with Crippen LogP contribution in [-0.4, -0.2) is 42.6 Å². The second kappa shape index (κ2) is 8.65. The van der Waals surface area contributed by atoms with Gasteiger partial charge in [0.05, 0.1) is 6.54 Å². The van der Waals surface area contributed by atoms with Crippen LogP contribution in [0.3, 0.4) is 0 Å². The molecule has 2 aromatic carbocycles. The third kappa shape index (κ3) is 4.69. The van der Waals surface area contributed by atoms with Crippen LogP contribution in [0.1, 0.15) is 34.7 Å². The van der Waals surface area contributed by atoms with Gasteiger partial charge in [-0.05, 0) is 55.5 Å². The van der Waals surface area contributed by atoms with E-state index < -0.39 is 10.2 Å². The lowest BCUT2D eigenvalue weighted by Crippen LogP contribution is -2.38. The zero-order valence-electron chi connectivity index (χ0n) is 17.5. The fraction of sp³-hybridized carbons (Fsp3) is 0.409. The molecule has 1 aliphatic rings. The summed E-state index contributed by atoms with van der Waals surface area (Å²) in [5.74, 6) is -0.320. The topological polar surface area (TPSA) is 69.7 Å². The highest BCUT2D eigenvalue weighted by Crippen LogP contribution is 2.24. The Balaban J connectivity index is 1.70. The summed E-state index contributed by atoms with van der Waals surface area (Å²) in [6.45, 7) is 8.92. The lowest BCUT2D eigenvalue weighted by atomic mass is 10.00. The number of nitrogens with zero attached hydrogens (tertiary/aromatic N) is 2. The number of hydrogen-bond donors (Lipinski definition) is 1.